The maximum Gasteiger partial charge on any atom is 0.0663 e. The number of nitrogens with two attached hydrogens (primary N) is 1. The smallest absolute Gasteiger partial charge is 0.0663 e. The van der Waals surface area contributed by atoms with E-state index in [1.165, 1.54) is 15.3 Å². The zero-order chi connectivity index (χ0) is 11.7. The fourth-order valence-corrected chi connectivity index (χ4v) is 3.15. The van der Waals surface area contributed by atoms with Gasteiger partial charge in [0, 0.05) is 14.8 Å². The van der Waals surface area contributed by atoms with E-state index >= 15 is 0 Å². The second kappa shape index (κ2) is 4.58. The van der Waals surface area contributed by atoms with E-state index in [9.17, 15) is 0 Å². The molecule has 0 bridgehead atoms. The van der Waals surface area contributed by atoms with Gasteiger partial charge in [0.1, 0.15) is 0 Å². The van der Waals surface area contributed by atoms with E-state index in [2.05, 4.69) is 19.9 Å². The predicted molar refractivity (Wildman–Crippen MR) is 71.3 cm³/mol. The van der Waals surface area contributed by atoms with E-state index in [1.807, 2.05) is 24.3 Å². The third-order valence-corrected chi connectivity index (χ3v) is 4.18. The molecule has 1 atom stereocenters. The zero-order valence-corrected chi connectivity index (χ0v) is 10.9. The first-order chi connectivity index (χ1) is 7.59. The summed E-state index contributed by atoms with van der Waals surface area (Å²) in [6.07, 6.45) is 0. The van der Waals surface area contributed by atoms with Crippen molar-refractivity contribution in [3.05, 3.63) is 56.2 Å². The molecular formula is C13H14ClNS. The van der Waals surface area contributed by atoms with Crippen LogP contribution in [-0.4, -0.2) is 0 Å². The Morgan fingerprint density at radius 2 is 1.94 bits per heavy atom. The molecule has 1 nitrogen and oxygen atoms in total. The van der Waals surface area contributed by atoms with Gasteiger partial charge in [-0.15, -0.1) is 11.3 Å². The van der Waals surface area contributed by atoms with Crippen LogP contribution in [0.2, 0.25) is 5.02 Å². The number of hydrogen-bond donors (Lipinski definition) is 1. The zero-order valence-electron chi connectivity index (χ0n) is 9.33. The molecule has 0 aliphatic rings. The number of halogens is 1. The van der Waals surface area contributed by atoms with Gasteiger partial charge in [0.25, 0.3) is 0 Å². The normalized spacial score (nSPS) is 12.8. The number of hydrogen-bond acceptors (Lipinski definition) is 2. The molecule has 2 N–H and O–H groups in total. The van der Waals surface area contributed by atoms with Crippen LogP contribution in [0.25, 0.3) is 0 Å². The van der Waals surface area contributed by atoms with Gasteiger partial charge in [-0.25, -0.2) is 0 Å². The molecular weight excluding hydrogens is 238 g/mol. The molecule has 0 saturated carbocycles. The molecule has 1 unspecified atom stereocenters. The molecule has 0 aliphatic heterocycles. The molecule has 16 heavy (non-hydrogen) atoms. The van der Waals surface area contributed by atoms with E-state index in [1.54, 1.807) is 11.3 Å². The summed E-state index contributed by atoms with van der Waals surface area (Å²) in [5.41, 5.74) is 8.50. The molecule has 0 fully saturated rings. The van der Waals surface area contributed by atoms with Crippen LogP contribution >= 0.6 is 22.9 Å². The summed E-state index contributed by atoms with van der Waals surface area (Å²) in [5.74, 6) is 0. The van der Waals surface area contributed by atoms with Crippen molar-refractivity contribution >= 4 is 22.9 Å². The molecule has 1 heterocycles. The highest BCUT2D eigenvalue weighted by Gasteiger charge is 2.16. The lowest BCUT2D eigenvalue weighted by atomic mass is 10.0. The van der Waals surface area contributed by atoms with Gasteiger partial charge < -0.3 is 5.73 Å². The molecule has 2 aromatic rings. The molecule has 0 aliphatic carbocycles. The first kappa shape index (κ1) is 11.6. The van der Waals surface area contributed by atoms with Gasteiger partial charge in [-0.1, -0.05) is 29.8 Å². The van der Waals surface area contributed by atoms with Crippen molar-refractivity contribution in [1.29, 1.82) is 0 Å². The minimum atomic E-state index is -0.118. The topological polar surface area (TPSA) is 26.0 Å². The number of aryl methyl sites for hydroxylation is 2. The van der Waals surface area contributed by atoms with Gasteiger partial charge in [-0.05, 0) is 37.1 Å². The number of thiophene rings is 1. The lowest BCUT2D eigenvalue weighted by Gasteiger charge is -2.13. The van der Waals surface area contributed by atoms with Crippen LogP contribution in [-0.2, 0) is 0 Å². The highest BCUT2D eigenvalue weighted by molar-refractivity contribution is 7.12. The maximum atomic E-state index is 6.26. The molecule has 84 valence electrons. The van der Waals surface area contributed by atoms with Crippen molar-refractivity contribution in [2.75, 3.05) is 0 Å². The van der Waals surface area contributed by atoms with Gasteiger partial charge in [-0.3, -0.25) is 0 Å². The van der Waals surface area contributed by atoms with E-state index in [4.69, 9.17) is 17.3 Å². The van der Waals surface area contributed by atoms with Crippen molar-refractivity contribution in [2.45, 2.75) is 19.9 Å². The number of benzene rings is 1. The molecule has 3 heteroatoms. The fraction of sp³-hybridized carbons (Fsp3) is 0.231. The Labute approximate surface area is 105 Å². The highest BCUT2D eigenvalue weighted by atomic mass is 35.5. The van der Waals surface area contributed by atoms with E-state index in [-0.39, 0.29) is 6.04 Å². The van der Waals surface area contributed by atoms with Gasteiger partial charge in [0.15, 0.2) is 0 Å². The van der Waals surface area contributed by atoms with Crippen LogP contribution < -0.4 is 5.73 Å². The van der Waals surface area contributed by atoms with Crippen molar-refractivity contribution < 1.29 is 0 Å². The fourth-order valence-electron chi connectivity index (χ4n) is 1.84. The third-order valence-electron chi connectivity index (χ3n) is 2.60. The molecule has 1 aromatic carbocycles. The predicted octanol–water partition coefficient (Wildman–Crippen LogP) is 4.07. The molecule has 2 rings (SSSR count). The molecule has 0 saturated heterocycles. The molecule has 0 radical (unpaired) electrons. The Morgan fingerprint density at radius 1 is 1.25 bits per heavy atom. The average molecular weight is 252 g/mol. The summed E-state index contributed by atoms with van der Waals surface area (Å²) in [4.78, 5) is 2.49. The summed E-state index contributed by atoms with van der Waals surface area (Å²) < 4.78 is 0. The summed E-state index contributed by atoms with van der Waals surface area (Å²) in [7, 11) is 0. The Bertz CT molecular complexity index is 504. The van der Waals surface area contributed by atoms with E-state index in [0.717, 1.165) is 10.6 Å². The summed E-state index contributed by atoms with van der Waals surface area (Å²) in [6, 6.07) is 9.81. The first-order valence-corrected chi connectivity index (χ1v) is 6.36. The van der Waals surface area contributed by atoms with Crippen LogP contribution in [0.15, 0.2) is 30.3 Å². The van der Waals surface area contributed by atoms with Crippen molar-refractivity contribution in [3.63, 3.8) is 0 Å². The summed E-state index contributed by atoms with van der Waals surface area (Å²) in [5, 5.41) is 0.737. The Hall–Kier alpha value is -0.830. The molecule has 0 amide bonds. The molecule has 1 aromatic heterocycles. The minimum absolute atomic E-state index is 0.118. The van der Waals surface area contributed by atoms with E-state index in [0.29, 0.717) is 0 Å². The first-order valence-electron chi connectivity index (χ1n) is 5.16. The van der Waals surface area contributed by atoms with Crippen molar-refractivity contribution in [1.82, 2.24) is 0 Å². The SMILES string of the molecule is Cc1cc(C)c(C(N)c2ccccc2Cl)s1. The Balaban J connectivity index is 2.43. The van der Waals surface area contributed by atoms with Crippen LogP contribution in [0, 0.1) is 13.8 Å². The van der Waals surface area contributed by atoms with Gasteiger partial charge in [0.2, 0.25) is 0 Å². The lowest BCUT2D eigenvalue weighted by Crippen LogP contribution is -2.11. The standard InChI is InChI=1S/C13H14ClNS/c1-8-7-9(2)16-13(8)12(15)10-5-3-4-6-11(10)14/h3-7,12H,15H2,1-2H3. The summed E-state index contributed by atoms with van der Waals surface area (Å²) >= 11 is 7.90. The highest BCUT2D eigenvalue weighted by Crippen LogP contribution is 2.33. The quantitative estimate of drug-likeness (QED) is 0.856. The lowest BCUT2D eigenvalue weighted by molar-refractivity contribution is 0.885. The minimum Gasteiger partial charge on any atom is -0.320 e. The largest absolute Gasteiger partial charge is 0.320 e. The average Bonchev–Trinajstić information content (AvgIpc) is 2.58. The van der Waals surface area contributed by atoms with E-state index < -0.39 is 0 Å². The second-order valence-electron chi connectivity index (χ2n) is 3.90. The van der Waals surface area contributed by atoms with Crippen molar-refractivity contribution in [2.24, 2.45) is 5.73 Å². The van der Waals surface area contributed by atoms with Crippen LogP contribution in [0.1, 0.15) is 26.9 Å². The van der Waals surface area contributed by atoms with Gasteiger partial charge in [-0.2, -0.15) is 0 Å². The van der Waals surface area contributed by atoms with Gasteiger partial charge >= 0.3 is 0 Å². The molecule has 0 spiro atoms. The monoisotopic (exact) mass is 251 g/mol. The maximum absolute atomic E-state index is 6.26. The third kappa shape index (κ3) is 2.14. The summed E-state index contributed by atoms with van der Waals surface area (Å²) in [6.45, 7) is 4.19. The Morgan fingerprint density at radius 3 is 2.50 bits per heavy atom. The van der Waals surface area contributed by atoms with Crippen LogP contribution in [0.3, 0.4) is 0 Å². The number of rotatable bonds is 2. The second-order valence-corrected chi connectivity index (χ2v) is 5.60. The Kier molecular flexibility index (Phi) is 3.33. The van der Waals surface area contributed by atoms with Crippen LogP contribution in [0.5, 0.6) is 0 Å². The van der Waals surface area contributed by atoms with Crippen molar-refractivity contribution in [3.8, 4) is 0 Å². The van der Waals surface area contributed by atoms with Crippen LogP contribution in [0.4, 0.5) is 0 Å². The van der Waals surface area contributed by atoms with Gasteiger partial charge in [0.05, 0.1) is 6.04 Å².